The van der Waals surface area contributed by atoms with Crippen molar-refractivity contribution in [3.8, 4) is 23.2 Å². The summed E-state index contributed by atoms with van der Waals surface area (Å²) in [6.07, 6.45) is 1.64. The molecule has 11 heteroatoms. The van der Waals surface area contributed by atoms with Crippen LogP contribution in [0.25, 0.3) is 22.4 Å². The first-order valence-corrected chi connectivity index (χ1v) is 14.3. The molecule has 4 aromatic heterocycles. The quantitative estimate of drug-likeness (QED) is 0.211. The Balaban J connectivity index is 1.24. The van der Waals surface area contributed by atoms with Gasteiger partial charge in [-0.15, -0.1) is 5.10 Å². The zero-order valence-electron chi connectivity index (χ0n) is 22.6. The van der Waals surface area contributed by atoms with E-state index >= 15 is 0 Å². The van der Waals surface area contributed by atoms with Gasteiger partial charge in [-0.2, -0.15) is 5.10 Å². The second-order valence-corrected chi connectivity index (χ2v) is 10.8. The Morgan fingerprint density at radius 3 is 2.52 bits per heavy atom. The maximum Gasteiger partial charge on any atom is 0.257 e. The number of rotatable bonds is 6. The van der Waals surface area contributed by atoms with Gasteiger partial charge in [-0.3, -0.25) is 0 Å². The highest BCUT2D eigenvalue weighted by Gasteiger charge is 2.38. The normalized spacial score (nSPS) is 14.1. The van der Waals surface area contributed by atoms with E-state index in [-0.39, 0.29) is 5.92 Å². The molecular formula is C31H23N7O3S. The largest absolute Gasteiger partial charge is 0.497 e. The van der Waals surface area contributed by atoms with Gasteiger partial charge in [-0.1, -0.05) is 54.2 Å². The number of oxazole rings is 1. The molecule has 0 bridgehead atoms. The van der Waals surface area contributed by atoms with Gasteiger partial charge in [-0.05, 0) is 48.9 Å². The van der Waals surface area contributed by atoms with Gasteiger partial charge in [0, 0.05) is 0 Å². The molecule has 0 aliphatic carbocycles. The molecule has 7 aromatic rings. The first-order chi connectivity index (χ1) is 20.7. The molecule has 206 valence electrons. The Kier molecular flexibility index (Phi) is 5.71. The standard InChI is InChI=1S/C31H23N7O3S/c1-18-25-26(19-12-14-21(39-2)15-13-19)27-28-34-24(16-42-31-33-22-10-6-7-11-23(22)40-31)36-37(28)17-32-29(27)41-30(25)38(35-18)20-8-4-3-5-9-20/h3-15,17,26H,16H2,1-2H3/t26-/m0/s1. The number of nitrogens with zero attached hydrogens (tertiary/aromatic N) is 7. The molecule has 10 nitrogen and oxygen atoms in total. The summed E-state index contributed by atoms with van der Waals surface area (Å²) in [6, 6.07) is 25.7. The highest BCUT2D eigenvalue weighted by atomic mass is 32.2. The maximum absolute atomic E-state index is 6.51. The molecule has 5 heterocycles. The van der Waals surface area contributed by atoms with Crippen LogP contribution in [0.1, 0.15) is 34.1 Å². The lowest BCUT2D eigenvalue weighted by Crippen LogP contribution is -2.16. The van der Waals surface area contributed by atoms with Gasteiger partial charge in [0.15, 0.2) is 17.1 Å². The minimum atomic E-state index is -0.245. The van der Waals surface area contributed by atoms with E-state index in [4.69, 9.17) is 34.1 Å². The third-order valence-electron chi connectivity index (χ3n) is 7.31. The van der Waals surface area contributed by atoms with E-state index in [9.17, 15) is 0 Å². The van der Waals surface area contributed by atoms with Crippen LogP contribution in [0, 0.1) is 6.92 Å². The van der Waals surface area contributed by atoms with Crippen molar-refractivity contribution in [2.24, 2.45) is 0 Å². The summed E-state index contributed by atoms with van der Waals surface area (Å²) in [4.78, 5) is 14.2. The van der Waals surface area contributed by atoms with Gasteiger partial charge in [0.1, 0.15) is 17.6 Å². The van der Waals surface area contributed by atoms with Crippen LogP contribution in [-0.2, 0) is 5.75 Å². The van der Waals surface area contributed by atoms with E-state index in [1.165, 1.54) is 11.8 Å². The molecule has 1 aliphatic rings. The third kappa shape index (κ3) is 4.00. The summed E-state index contributed by atoms with van der Waals surface area (Å²) < 4.78 is 21.4. The number of thioether (sulfide) groups is 1. The minimum Gasteiger partial charge on any atom is -0.497 e. The molecule has 1 aliphatic heterocycles. The topological polar surface area (TPSA) is 105 Å². The van der Waals surface area contributed by atoms with E-state index in [0.29, 0.717) is 34.2 Å². The first kappa shape index (κ1) is 24.6. The number of hydrogen-bond donors (Lipinski definition) is 0. The molecule has 0 fully saturated rings. The number of hydrogen-bond acceptors (Lipinski definition) is 9. The number of ether oxygens (including phenoxy) is 2. The Morgan fingerprint density at radius 2 is 1.71 bits per heavy atom. The highest BCUT2D eigenvalue weighted by molar-refractivity contribution is 7.98. The fourth-order valence-electron chi connectivity index (χ4n) is 5.40. The van der Waals surface area contributed by atoms with Crippen molar-refractivity contribution in [1.29, 1.82) is 0 Å². The number of aryl methyl sites for hydroxylation is 1. The Morgan fingerprint density at radius 1 is 0.905 bits per heavy atom. The van der Waals surface area contributed by atoms with Crippen molar-refractivity contribution in [2.75, 3.05) is 7.11 Å². The number of benzene rings is 3. The summed E-state index contributed by atoms with van der Waals surface area (Å²) in [5.41, 5.74) is 6.83. The SMILES string of the molecule is COc1ccc([C@H]2c3c(C)nn(-c4ccccc4)c3Oc3ncn4nc(CSc5nc6ccccc6o5)nc4c32)cc1. The van der Waals surface area contributed by atoms with Gasteiger partial charge in [0.05, 0.1) is 41.3 Å². The summed E-state index contributed by atoms with van der Waals surface area (Å²) in [5.74, 6) is 2.75. The van der Waals surface area contributed by atoms with Crippen LogP contribution in [0.5, 0.6) is 17.5 Å². The molecule has 0 amide bonds. The average molecular weight is 574 g/mol. The molecule has 0 unspecified atom stereocenters. The van der Waals surface area contributed by atoms with E-state index in [2.05, 4.69) is 17.1 Å². The van der Waals surface area contributed by atoms with Gasteiger partial charge < -0.3 is 13.9 Å². The van der Waals surface area contributed by atoms with Crippen LogP contribution in [-0.4, -0.2) is 41.5 Å². The summed E-state index contributed by atoms with van der Waals surface area (Å²) >= 11 is 1.45. The van der Waals surface area contributed by atoms with Crippen LogP contribution in [0.2, 0.25) is 0 Å². The zero-order chi connectivity index (χ0) is 28.2. The lowest BCUT2D eigenvalue weighted by atomic mass is 9.84. The molecule has 1 atom stereocenters. The lowest BCUT2D eigenvalue weighted by Gasteiger charge is -2.26. The first-order valence-electron chi connectivity index (χ1n) is 13.4. The van der Waals surface area contributed by atoms with Gasteiger partial charge >= 0.3 is 0 Å². The number of para-hydroxylation sites is 3. The van der Waals surface area contributed by atoms with E-state index in [1.54, 1.807) is 18.0 Å². The molecule has 3 aromatic carbocycles. The predicted octanol–water partition coefficient (Wildman–Crippen LogP) is 6.35. The predicted molar refractivity (Wildman–Crippen MR) is 157 cm³/mol. The van der Waals surface area contributed by atoms with Crippen molar-refractivity contribution in [1.82, 2.24) is 34.3 Å². The molecule has 0 N–H and O–H groups in total. The molecule has 0 saturated heterocycles. The molecule has 0 saturated carbocycles. The fraction of sp³-hybridized carbons (Fsp3) is 0.129. The number of fused-ring (bicyclic) bond motifs is 5. The van der Waals surface area contributed by atoms with Crippen molar-refractivity contribution >= 4 is 28.5 Å². The number of aromatic nitrogens is 7. The smallest absolute Gasteiger partial charge is 0.257 e. The minimum absolute atomic E-state index is 0.245. The summed E-state index contributed by atoms with van der Waals surface area (Å²) in [5, 5.41) is 10.2. The third-order valence-corrected chi connectivity index (χ3v) is 8.14. The second-order valence-electron chi connectivity index (χ2n) is 9.86. The molecule has 8 rings (SSSR count). The maximum atomic E-state index is 6.51. The van der Waals surface area contributed by atoms with Crippen molar-refractivity contribution in [3.05, 3.63) is 113 Å². The molecule has 42 heavy (non-hydrogen) atoms. The van der Waals surface area contributed by atoms with E-state index in [1.807, 2.05) is 78.3 Å². The Labute approximate surface area is 244 Å². The summed E-state index contributed by atoms with van der Waals surface area (Å²) in [6.45, 7) is 2.00. The molecule has 0 spiro atoms. The van der Waals surface area contributed by atoms with E-state index < -0.39 is 0 Å². The monoisotopic (exact) mass is 573 g/mol. The van der Waals surface area contributed by atoms with Gasteiger partial charge in [0.25, 0.3) is 5.22 Å². The van der Waals surface area contributed by atoms with Crippen LogP contribution >= 0.6 is 11.8 Å². The van der Waals surface area contributed by atoms with Crippen LogP contribution in [0.4, 0.5) is 0 Å². The number of methoxy groups -OCH3 is 1. The molecule has 0 radical (unpaired) electrons. The van der Waals surface area contributed by atoms with Crippen LogP contribution in [0.15, 0.2) is 94.8 Å². The Bertz CT molecular complexity index is 2050. The van der Waals surface area contributed by atoms with Gasteiger partial charge in [0.2, 0.25) is 11.8 Å². The van der Waals surface area contributed by atoms with Crippen LogP contribution < -0.4 is 9.47 Å². The van der Waals surface area contributed by atoms with E-state index in [0.717, 1.165) is 44.9 Å². The zero-order valence-corrected chi connectivity index (χ0v) is 23.4. The Hall–Kier alpha value is -5.16. The second kappa shape index (κ2) is 9.74. The average Bonchev–Trinajstić information content (AvgIpc) is 3.74. The lowest BCUT2D eigenvalue weighted by molar-refractivity contribution is 0.402. The molecular weight excluding hydrogens is 550 g/mol. The van der Waals surface area contributed by atoms with Crippen molar-refractivity contribution in [2.45, 2.75) is 23.8 Å². The summed E-state index contributed by atoms with van der Waals surface area (Å²) in [7, 11) is 1.66. The van der Waals surface area contributed by atoms with Crippen molar-refractivity contribution in [3.63, 3.8) is 0 Å². The van der Waals surface area contributed by atoms with Crippen LogP contribution in [0.3, 0.4) is 0 Å². The highest BCUT2D eigenvalue weighted by Crippen LogP contribution is 2.49. The van der Waals surface area contributed by atoms with Crippen molar-refractivity contribution < 1.29 is 13.9 Å². The van der Waals surface area contributed by atoms with Gasteiger partial charge in [-0.25, -0.2) is 24.1 Å². The fourth-order valence-corrected chi connectivity index (χ4v) is 6.08.